The number of aromatic nitrogens is 1. The second-order valence-corrected chi connectivity index (χ2v) is 7.51. The fourth-order valence-corrected chi connectivity index (χ4v) is 4.58. The first kappa shape index (κ1) is 15.5. The number of sulfonamides is 1. The van der Waals surface area contributed by atoms with Crippen molar-refractivity contribution in [3.05, 3.63) is 46.6 Å². The smallest absolute Gasteiger partial charge is 0.243 e. The minimum atomic E-state index is -3.77. The lowest BCUT2D eigenvalue weighted by atomic mass is 10.1. The molecule has 1 aliphatic rings. The van der Waals surface area contributed by atoms with E-state index in [1.54, 1.807) is 13.0 Å². The number of hydrogen-bond acceptors (Lipinski definition) is 4. The van der Waals surface area contributed by atoms with Crippen molar-refractivity contribution in [1.29, 1.82) is 0 Å². The van der Waals surface area contributed by atoms with Crippen molar-refractivity contribution in [2.24, 2.45) is 0 Å². The zero-order valence-corrected chi connectivity index (χ0v) is 13.4. The third-order valence-electron chi connectivity index (χ3n) is 3.69. The van der Waals surface area contributed by atoms with E-state index in [1.807, 2.05) is 0 Å². The molecule has 22 heavy (non-hydrogen) atoms. The fourth-order valence-electron chi connectivity index (χ4n) is 2.64. The molecule has 5 nitrogen and oxygen atoms in total. The molecule has 2 heterocycles. The summed E-state index contributed by atoms with van der Waals surface area (Å²) in [4.78, 5) is -0.0222. The lowest BCUT2D eigenvalue weighted by Gasteiger charge is -2.22. The first-order valence-electron chi connectivity index (χ1n) is 6.80. The van der Waals surface area contributed by atoms with Crippen LogP contribution in [0.15, 0.2) is 33.7 Å². The number of hydrogen-bond donors (Lipinski definition) is 0. The first-order valence-corrected chi connectivity index (χ1v) is 8.61. The van der Waals surface area contributed by atoms with Crippen LogP contribution in [0.4, 0.5) is 4.39 Å². The highest BCUT2D eigenvalue weighted by molar-refractivity contribution is 7.89. The summed E-state index contributed by atoms with van der Waals surface area (Å²) in [7, 11) is -3.77. The quantitative estimate of drug-likeness (QED) is 0.857. The Balaban J connectivity index is 1.98. The van der Waals surface area contributed by atoms with Crippen LogP contribution in [-0.2, 0) is 10.0 Å². The molecule has 0 N–H and O–H groups in total. The maximum Gasteiger partial charge on any atom is 0.243 e. The molecular weight excluding hydrogens is 331 g/mol. The van der Waals surface area contributed by atoms with Gasteiger partial charge in [0.15, 0.2) is 0 Å². The summed E-state index contributed by atoms with van der Waals surface area (Å²) in [5.41, 5.74) is 0.590. The average Bonchev–Trinajstić information content (AvgIpc) is 3.10. The average molecular weight is 345 g/mol. The Kier molecular flexibility index (Phi) is 3.96. The Morgan fingerprint density at radius 1 is 1.41 bits per heavy atom. The molecule has 2 aromatic rings. The maximum absolute atomic E-state index is 13.2. The molecule has 8 heteroatoms. The lowest BCUT2D eigenvalue weighted by molar-refractivity contribution is 0.349. The zero-order chi connectivity index (χ0) is 15.9. The first-order chi connectivity index (χ1) is 10.4. The van der Waals surface area contributed by atoms with Gasteiger partial charge in [0.05, 0.1) is 16.0 Å². The normalized spacial score (nSPS) is 19.7. The van der Waals surface area contributed by atoms with Crippen molar-refractivity contribution < 1.29 is 17.3 Å². The second-order valence-electron chi connectivity index (χ2n) is 5.21. The van der Waals surface area contributed by atoms with Gasteiger partial charge in [-0.2, -0.15) is 4.31 Å². The van der Waals surface area contributed by atoms with Crippen LogP contribution in [0.1, 0.15) is 30.3 Å². The van der Waals surface area contributed by atoms with Crippen LogP contribution in [0.2, 0.25) is 5.02 Å². The van der Waals surface area contributed by atoms with Crippen LogP contribution in [-0.4, -0.2) is 24.4 Å². The SMILES string of the molecule is Cc1cc([C@@H]2CCCN2S(=O)(=O)c2ccc(F)c(Cl)c2)no1. The molecule has 0 unspecified atom stereocenters. The predicted octanol–water partition coefficient (Wildman–Crippen LogP) is 3.30. The maximum atomic E-state index is 13.2. The third kappa shape index (κ3) is 2.64. The van der Waals surface area contributed by atoms with Crippen LogP contribution in [0.25, 0.3) is 0 Å². The Morgan fingerprint density at radius 2 is 2.18 bits per heavy atom. The van der Waals surface area contributed by atoms with Crippen molar-refractivity contribution >= 4 is 21.6 Å². The third-order valence-corrected chi connectivity index (χ3v) is 5.88. The zero-order valence-electron chi connectivity index (χ0n) is 11.8. The van der Waals surface area contributed by atoms with Gasteiger partial charge in [0, 0.05) is 12.6 Å². The molecule has 0 amide bonds. The van der Waals surface area contributed by atoms with E-state index in [-0.39, 0.29) is 16.0 Å². The number of nitrogens with zero attached hydrogens (tertiary/aromatic N) is 2. The van der Waals surface area contributed by atoms with E-state index >= 15 is 0 Å². The second kappa shape index (κ2) is 5.64. The molecule has 0 aliphatic carbocycles. The Labute approximate surface area is 132 Å². The van der Waals surface area contributed by atoms with Gasteiger partial charge in [-0.1, -0.05) is 16.8 Å². The van der Waals surface area contributed by atoms with Gasteiger partial charge in [0.2, 0.25) is 10.0 Å². The molecule has 0 spiro atoms. The molecule has 3 rings (SSSR count). The minimum absolute atomic E-state index is 0.0222. The van der Waals surface area contributed by atoms with E-state index in [4.69, 9.17) is 16.1 Å². The summed E-state index contributed by atoms with van der Waals surface area (Å²) in [6, 6.07) is 4.78. The lowest BCUT2D eigenvalue weighted by Crippen LogP contribution is -2.30. The number of halogens is 2. The molecular formula is C14H14ClFN2O3S. The van der Waals surface area contributed by atoms with Crippen molar-refractivity contribution in [3.8, 4) is 0 Å². The highest BCUT2D eigenvalue weighted by Gasteiger charge is 2.37. The van der Waals surface area contributed by atoms with Gasteiger partial charge < -0.3 is 4.52 Å². The van der Waals surface area contributed by atoms with Crippen molar-refractivity contribution in [3.63, 3.8) is 0 Å². The molecule has 0 radical (unpaired) electrons. The highest BCUT2D eigenvalue weighted by Crippen LogP contribution is 2.36. The number of rotatable bonds is 3. The van der Waals surface area contributed by atoms with Crippen LogP contribution >= 0.6 is 11.6 Å². The van der Waals surface area contributed by atoms with Crippen LogP contribution in [0, 0.1) is 12.7 Å². The topological polar surface area (TPSA) is 63.4 Å². The molecule has 1 aromatic carbocycles. The van der Waals surface area contributed by atoms with E-state index in [2.05, 4.69) is 5.16 Å². The minimum Gasteiger partial charge on any atom is -0.361 e. The molecule has 118 valence electrons. The van der Waals surface area contributed by atoms with Gasteiger partial charge in [0.1, 0.15) is 17.3 Å². The van der Waals surface area contributed by atoms with E-state index in [0.29, 0.717) is 24.4 Å². The van der Waals surface area contributed by atoms with Crippen molar-refractivity contribution in [2.45, 2.75) is 30.7 Å². The van der Waals surface area contributed by atoms with Crippen LogP contribution in [0.5, 0.6) is 0 Å². The van der Waals surface area contributed by atoms with Gasteiger partial charge in [-0.15, -0.1) is 0 Å². The van der Waals surface area contributed by atoms with Gasteiger partial charge in [0.25, 0.3) is 0 Å². The molecule has 1 aromatic heterocycles. The summed E-state index contributed by atoms with van der Waals surface area (Å²) in [6.07, 6.45) is 1.39. The standard InChI is InChI=1S/C14H14ClFN2O3S/c1-9-7-13(17-21-9)14-3-2-6-18(14)22(19,20)10-4-5-12(16)11(15)8-10/h4-5,7-8,14H,2-3,6H2,1H3/t14-/m0/s1. The summed E-state index contributed by atoms with van der Waals surface area (Å²) in [6.45, 7) is 2.14. The van der Waals surface area contributed by atoms with E-state index < -0.39 is 15.8 Å². The van der Waals surface area contributed by atoms with Gasteiger partial charge >= 0.3 is 0 Å². The van der Waals surface area contributed by atoms with Crippen molar-refractivity contribution in [2.75, 3.05) is 6.54 Å². The molecule has 0 saturated carbocycles. The Hall–Kier alpha value is -1.44. The van der Waals surface area contributed by atoms with E-state index in [0.717, 1.165) is 18.6 Å². The molecule has 1 fully saturated rings. The van der Waals surface area contributed by atoms with Gasteiger partial charge in [-0.05, 0) is 38.0 Å². The Bertz CT molecular complexity index is 806. The summed E-state index contributed by atoms with van der Waals surface area (Å²) >= 11 is 5.70. The number of aryl methyl sites for hydroxylation is 1. The van der Waals surface area contributed by atoms with E-state index in [1.165, 1.54) is 10.4 Å². The summed E-state index contributed by atoms with van der Waals surface area (Å²) in [5, 5.41) is 3.71. The predicted molar refractivity (Wildman–Crippen MR) is 78.5 cm³/mol. The molecule has 0 bridgehead atoms. The molecule has 1 saturated heterocycles. The summed E-state index contributed by atoms with van der Waals surface area (Å²) < 4.78 is 45.2. The fraction of sp³-hybridized carbons (Fsp3) is 0.357. The van der Waals surface area contributed by atoms with Crippen molar-refractivity contribution in [1.82, 2.24) is 9.46 Å². The monoisotopic (exact) mass is 344 g/mol. The Morgan fingerprint density at radius 3 is 2.82 bits per heavy atom. The molecule has 1 aliphatic heterocycles. The summed E-state index contributed by atoms with van der Waals surface area (Å²) in [5.74, 6) is -0.0187. The van der Waals surface area contributed by atoms with Gasteiger partial charge in [-0.3, -0.25) is 0 Å². The number of benzene rings is 1. The molecule has 1 atom stereocenters. The van der Waals surface area contributed by atoms with E-state index in [9.17, 15) is 12.8 Å². The van der Waals surface area contributed by atoms with Crippen LogP contribution < -0.4 is 0 Å². The van der Waals surface area contributed by atoms with Gasteiger partial charge in [-0.25, -0.2) is 12.8 Å². The largest absolute Gasteiger partial charge is 0.361 e. The van der Waals surface area contributed by atoms with Crippen LogP contribution in [0.3, 0.4) is 0 Å². The highest BCUT2D eigenvalue weighted by atomic mass is 35.5.